The summed E-state index contributed by atoms with van der Waals surface area (Å²) in [5.41, 5.74) is 7.17. The van der Waals surface area contributed by atoms with Gasteiger partial charge in [-0.05, 0) is 76.7 Å². The smallest absolute Gasteiger partial charge is 0.337 e. The van der Waals surface area contributed by atoms with E-state index in [2.05, 4.69) is 85.5 Å². The standard InChI is InChI=1S/C46H51NO5/c1-46(2,31-44(48)52-35-39-15-9-5-10-16-39)29-30-47(32-38-25-27-42(28-26-38)45(49)50-3)33-43(41-17-11-6-12-18-41)51-34-40-23-21-37(22-24-40)20-19-36-13-7-4-8-14-36/h4-18,21-28,43H,19-20,29-35H2,1-3H3. The predicted octanol–water partition coefficient (Wildman–Crippen LogP) is 9.57. The maximum Gasteiger partial charge on any atom is 0.337 e. The summed E-state index contributed by atoms with van der Waals surface area (Å²) in [5, 5.41) is 0. The van der Waals surface area contributed by atoms with Gasteiger partial charge in [0.2, 0.25) is 0 Å². The second-order valence-corrected chi connectivity index (χ2v) is 14.2. The van der Waals surface area contributed by atoms with Gasteiger partial charge < -0.3 is 14.2 Å². The molecule has 0 aromatic heterocycles. The predicted molar refractivity (Wildman–Crippen MR) is 207 cm³/mol. The molecule has 0 aliphatic carbocycles. The summed E-state index contributed by atoms with van der Waals surface area (Å²) in [6.07, 6.45) is 2.92. The third kappa shape index (κ3) is 12.6. The minimum atomic E-state index is -0.355. The summed E-state index contributed by atoms with van der Waals surface area (Å²) < 4.78 is 17.2. The van der Waals surface area contributed by atoms with Crippen LogP contribution in [0.4, 0.5) is 0 Å². The van der Waals surface area contributed by atoms with Gasteiger partial charge in [0.1, 0.15) is 6.61 Å². The molecule has 0 bridgehead atoms. The summed E-state index contributed by atoms with van der Waals surface area (Å²) in [6, 6.07) is 47.0. The number of hydrogen-bond acceptors (Lipinski definition) is 6. The molecule has 0 aliphatic rings. The van der Waals surface area contributed by atoms with Crippen molar-refractivity contribution in [2.75, 3.05) is 20.2 Å². The van der Waals surface area contributed by atoms with Crippen molar-refractivity contribution in [3.05, 3.63) is 178 Å². The molecule has 0 saturated carbocycles. The van der Waals surface area contributed by atoms with Gasteiger partial charge in [-0.1, -0.05) is 141 Å². The third-order valence-corrected chi connectivity index (χ3v) is 9.37. The fourth-order valence-electron chi connectivity index (χ4n) is 6.18. The van der Waals surface area contributed by atoms with Crippen molar-refractivity contribution in [2.45, 2.75) is 65.4 Å². The van der Waals surface area contributed by atoms with Crippen LogP contribution in [0.25, 0.3) is 0 Å². The SMILES string of the molecule is COC(=O)c1ccc(CN(CCC(C)(C)CC(=O)OCc2ccccc2)CC(OCc2ccc(CCc3ccccc3)cc2)c2ccccc2)cc1. The normalized spacial score (nSPS) is 12.0. The first-order valence-corrected chi connectivity index (χ1v) is 18.1. The highest BCUT2D eigenvalue weighted by Crippen LogP contribution is 2.29. The van der Waals surface area contributed by atoms with E-state index in [1.807, 2.05) is 60.7 Å². The van der Waals surface area contributed by atoms with Crippen molar-refractivity contribution in [1.82, 2.24) is 4.90 Å². The summed E-state index contributed by atoms with van der Waals surface area (Å²) in [7, 11) is 1.39. The van der Waals surface area contributed by atoms with Gasteiger partial charge in [-0.3, -0.25) is 9.69 Å². The fraction of sp³-hybridized carbons (Fsp3) is 0.304. The average molecular weight is 698 g/mol. The Morgan fingerprint density at radius 3 is 1.77 bits per heavy atom. The van der Waals surface area contributed by atoms with Gasteiger partial charge in [-0.25, -0.2) is 4.79 Å². The molecular formula is C46H51NO5. The van der Waals surface area contributed by atoms with Gasteiger partial charge in [0.05, 0.1) is 31.8 Å². The van der Waals surface area contributed by atoms with Crippen molar-refractivity contribution in [3.63, 3.8) is 0 Å². The Morgan fingerprint density at radius 1 is 0.635 bits per heavy atom. The second-order valence-electron chi connectivity index (χ2n) is 14.2. The van der Waals surface area contributed by atoms with E-state index in [-0.39, 0.29) is 30.1 Å². The quantitative estimate of drug-likeness (QED) is 0.0801. The minimum absolute atomic E-state index is 0.188. The highest BCUT2D eigenvalue weighted by atomic mass is 16.5. The average Bonchev–Trinajstić information content (AvgIpc) is 3.18. The maximum absolute atomic E-state index is 12.9. The molecular weight excluding hydrogens is 647 g/mol. The Labute approximate surface area is 309 Å². The maximum atomic E-state index is 12.9. The Balaban J connectivity index is 1.26. The molecule has 270 valence electrons. The Bertz CT molecular complexity index is 1790. The Morgan fingerprint density at radius 2 is 1.15 bits per heavy atom. The zero-order valence-electron chi connectivity index (χ0n) is 30.7. The fourth-order valence-corrected chi connectivity index (χ4v) is 6.18. The lowest BCUT2D eigenvalue weighted by Gasteiger charge is -2.32. The molecule has 0 spiro atoms. The highest BCUT2D eigenvalue weighted by Gasteiger charge is 2.26. The van der Waals surface area contributed by atoms with Crippen molar-refractivity contribution in [3.8, 4) is 0 Å². The summed E-state index contributed by atoms with van der Waals surface area (Å²) >= 11 is 0. The first kappa shape index (κ1) is 38.2. The van der Waals surface area contributed by atoms with E-state index in [0.717, 1.165) is 48.1 Å². The Kier molecular flexibility index (Phi) is 14.4. The van der Waals surface area contributed by atoms with Crippen LogP contribution < -0.4 is 0 Å². The lowest BCUT2D eigenvalue weighted by molar-refractivity contribution is -0.147. The molecule has 0 fully saturated rings. The second kappa shape index (κ2) is 19.5. The first-order valence-electron chi connectivity index (χ1n) is 18.1. The number of carbonyl (C=O) groups is 2. The van der Waals surface area contributed by atoms with Gasteiger partial charge >= 0.3 is 11.9 Å². The van der Waals surface area contributed by atoms with Crippen molar-refractivity contribution in [1.29, 1.82) is 0 Å². The molecule has 0 saturated heterocycles. The van der Waals surface area contributed by atoms with Crippen LogP contribution in [0.15, 0.2) is 140 Å². The van der Waals surface area contributed by atoms with Crippen LogP contribution in [-0.2, 0) is 51.6 Å². The number of benzene rings is 5. The van der Waals surface area contributed by atoms with Crippen LogP contribution in [0.3, 0.4) is 0 Å². The molecule has 1 unspecified atom stereocenters. The molecule has 5 aromatic rings. The molecule has 0 N–H and O–H groups in total. The van der Waals surface area contributed by atoms with Crippen LogP contribution in [0.2, 0.25) is 0 Å². The number of rotatable bonds is 19. The van der Waals surface area contributed by atoms with Crippen LogP contribution >= 0.6 is 0 Å². The number of hydrogen-bond donors (Lipinski definition) is 0. The van der Waals surface area contributed by atoms with E-state index in [0.29, 0.717) is 31.7 Å². The van der Waals surface area contributed by atoms with Crippen LogP contribution in [0, 0.1) is 5.41 Å². The van der Waals surface area contributed by atoms with E-state index in [1.165, 1.54) is 18.2 Å². The van der Waals surface area contributed by atoms with Gasteiger partial charge in [0.25, 0.3) is 0 Å². The monoisotopic (exact) mass is 697 g/mol. The molecule has 6 heteroatoms. The summed E-state index contributed by atoms with van der Waals surface area (Å²) in [4.78, 5) is 27.4. The van der Waals surface area contributed by atoms with E-state index in [9.17, 15) is 9.59 Å². The van der Waals surface area contributed by atoms with Gasteiger partial charge in [-0.2, -0.15) is 0 Å². The number of aryl methyl sites for hydroxylation is 2. The van der Waals surface area contributed by atoms with E-state index in [1.54, 1.807) is 12.1 Å². The topological polar surface area (TPSA) is 65.1 Å². The molecule has 5 rings (SSSR count). The Hall–Kier alpha value is -5.04. The molecule has 0 aliphatic heterocycles. The molecule has 0 radical (unpaired) electrons. The summed E-state index contributed by atoms with van der Waals surface area (Å²) in [5.74, 6) is -0.554. The van der Waals surface area contributed by atoms with Crippen molar-refractivity contribution in [2.24, 2.45) is 5.41 Å². The molecule has 5 aromatic carbocycles. The van der Waals surface area contributed by atoms with Gasteiger partial charge in [-0.15, -0.1) is 0 Å². The van der Waals surface area contributed by atoms with E-state index >= 15 is 0 Å². The van der Waals surface area contributed by atoms with Crippen molar-refractivity contribution >= 4 is 11.9 Å². The number of nitrogens with zero attached hydrogens (tertiary/aromatic N) is 1. The van der Waals surface area contributed by atoms with Gasteiger partial charge in [0.15, 0.2) is 0 Å². The number of carbonyl (C=O) groups excluding carboxylic acids is 2. The number of ether oxygens (including phenoxy) is 3. The van der Waals surface area contributed by atoms with E-state index in [4.69, 9.17) is 14.2 Å². The molecule has 0 heterocycles. The van der Waals surface area contributed by atoms with Crippen molar-refractivity contribution < 1.29 is 23.8 Å². The number of esters is 2. The lowest BCUT2D eigenvalue weighted by Crippen LogP contribution is -2.33. The van der Waals surface area contributed by atoms with Gasteiger partial charge in [0, 0.05) is 13.1 Å². The third-order valence-electron chi connectivity index (χ3n) is 9.37. The van der Waals surface area contributed by atoms with E-state index < -0.39 is 0 Å². The molecule has 1 atom stereocenters. The minimum Gasteiger partial charge on any atom is -0.465 e. The van der Waals surface area contributed by atoms with Crippen LogP contribution in [0.1, 0.15) is 76.5 Å². The zero-order valence-corrected chi connectivity index (χ0v) is 30.7. The van der Waals surface area contributed by atoms with Crippen LogP contribution in [0.5, 0.6) is 0 Å². The number of methoxy groups -OCH3 is 1. The lowest BCUT2D eigenvalue weighted by atomic mass is 9.85. The summed E-state index contributed by atoms with van der Waals surface area (Å²) in [6.45, 7) is 7.03. The first-order chi connectivity index (χ1) is 25.3. The molecule has 6 nitrogen and oxygen atoms in total. The highest BCUT2D eigenvalue weighted by molar-refractivity contribution is 5.89. The van der Waals surface area contributed by atoms with Crippen LogP contribution in [-0.4, -0.2) is 37.0 Å². The largest absolute Gasteiger partial charge is 0.465 e. The molecule has 0 amide bonds. The molecule has 52 heavy (non-hydrogen) atoms. The zero-order chi connectivity index (χ0) is 36.6.